The number of nitrogens with one attached hydrogen (secondary N) is 2. The first-order valence-electron chi connectivity index (χ1n) is 11.6. The van der Waals surface area contributed by atoms with Crippen LogP contribution in [-0.2, 0) is 19.6 Å². The van der Waals surface area contributed by atoms with Crippen LogP contribution in [0.1, 0.15) is 24.2 Å². The van der Waals surface area contributed by atoms with Crippen LogP contribution in [0.3, 0.4) is 0 Å². The average Bonchev–Trinajstić information content (AvgIpc) is 2.87. The van der Waals surface area contributed by atoms with Gasteiger partial charge in [-0.3, -0.25) is 19.7 Å². The van der Waals surface area contributed by atoms with Crippen LogP contribution in [0, 0.1) is 5.92 Å². The van der Waals surface area contributed by atoms with Crippen LogP contribution >= 0.6 is 15.9 Å². The van der Waals surface area contributed by atoms with Crippen molar-refractivity contribution in [3.63, 3.8) is 0 Å². The first kappa shape index (κ1) is 28.2. The molecule has 1 fully saturated rings. The van der Waals surface area contributed by atoms with E-state index in [2.05, 4.69) is 26.1 Å². The minimum Gasteiger partial charge on any atom is -0.379 e. The number of sulfonamides is 1. The molecule has 0 unspecified atom stereocenters. The fourth-order valence-corrected chi connectivity index (χ4v) is 5.93. The number of morpholine rings is 1. The molecule has 1 heterocycles. The molecule has 2 aromatic carbocycles. The molecule has 36 heavy (non-hydrogen) atoms. The molecule has 1 saturated heterocycles. The van der Waals surface area contributed by atoms with Gasteiger partial charge in [-0.15, -0.1) is 0 Å². The lowest BCUT2D eigenvalue weighted by atomic mass is 10.0. The molecule has 3 rings (SSSR count). The SMILES string of the molecule is CC(C)[C@H](C(=O)NO)N(CCN1CCOCC1)S(=O)(=O)c1ccc(NC(=O)c2ccc(Br)cc2)cc1. The van der Waals surface area contributed by atoms with Gasteiger partial charge in [0.2, 0.25) is 10.0 Å². The number of amides is 2. The monoisotopic (exact) mass is 582 g/mol. The van der Waals surface area contributed by atoms with Crippen LogP contribution in [0.15, 0.2) is 57.9 Å². The van der Waals surface area contributed by atoms with Gasteiger partial charge in [-0.1, -0.05) is 29.8 Å². The second-order valence-electron chi connectivity index (χ2n) is 8.72. The van der Waals surface area contributed by atoms with Crippen molar-refractivity contribution >= 4 is 43.5 Å². The minimum atomic E-state index is -4.12. The lowest BCUT2D eigenvalue weighted by Crippen LogP contribution is -2.54. The molecule has 1 aliphatic rings. The highest BCUT2D eigenvalue weighted by atomic mass is 79.9. The first-order valence-corrected chi connectivity index (χ1v) is 13.8. The highest BCUT2D eigenvalue weighted by Gasteiger charge is 2.38. The van der Waals surface area contributed by atoms with Crippen molar-refractivity contribution in [3.05, 3.63) is 58.6 Å². The van der Waals surface area contributed by atoms with Crippen LogP contribution in [0.5, 0.6) is 0 Å². The minimum absolute atomic E-state index is 0.0255. The molecule has 2 amide bonds. The van der Waals surface area contributed by atoms with Crippen molar-refractivity contribution in [2.24, 2.45) is 5.92 Å². The summed E-state index contributed by atoms with van der Waals surface area (Å²) in [5.41, 5.74) is 2.49. The number of carbonyl (C=O) groups excluding carboxylic acids is 2. The van der Waals surface area contributed by atoms with Crippen molar-refractivity contribution < 1.29 is 28.0 Å². The maximum atomic E-state index is 13.7. The smallest absolute Gasteiger partial charge is 0.262 e. The normalized spacial score (nSPS) is 15.6. The number of carbonyl (C=O) groups is 2. The summed E-state index contributed by atoms with van der Waals surface area (Å²) < 4.78 is 34.7. The molecule has 3 N–H and O–H groups in total. The molecule has 12 heteroatoms. The van der Waals surface area contributed by atoms with Gasteiger partial charge in [0.15, 0.2) is 0 Å². The van der Waals surface area contributed by atoms with E-state index in [0.717, 1.165) is 8.78 Å². The lowest BCUT2D eigenvalue weighted by Gasteiger charge is -2.34. The van der Waals surface area contributed by atoms with E-state index in [1.807, 2.05) is 0 Å². The Labute approximate surface area is 219 Å². The van der Waals surface area contributed by atoms with Gasteiger partial charge in [-0.05, 0) is 54.4 Å². The van der Waals surface area contributed by atoms with Crippen LogP contribution in [0.25, 0.3) is 0 Å². The molecule has 2 aromatic rings. The number of anilines is 1. The van der Waals surface area contributed by atoms with Crippen molar-refractivity contribution in [3.8, 4) is 0 Å². The number of hydrogen-bond donors (Lipinski definition) is 3. The van der Waals surface area contributed by atoms with Gasteiger partial charge < -0.3 is 10.1 Å². The molecule has 0 radical (unpaired) electrons. The van der Waals surface area contributed by atoms with Gasteiger partial charge in [-0.25, -0.2) is 13.9 Å². The Kier molecular flexibility index (Phi) is 10.00. The number of rotatable bonds is 10. The topological polar surface area (TPSA) is 128 Å². The van der Waals surface area contributed by atoms with E-state index < -0.39 is 27.9 Å². The fourth-order valence-electron chi connectivity index (χ4n) is 3.96. The van der Waals surface area contributed by atoms with E-state index >= 15 is 0 Å². The summed E-state index contributed by atoms with van der Waals surface area (Å²) in [4.78, 5) is 27.0. The van der Waals surface area contributed by atoms with Crippen LogP contribution in [0.2, 0.25) is 0 Å². The summed E-state index contributed by atoms with van der Waals surface area (Å²) in [6.07, 6.45) is 0. The predicted molar refractivity (Wildman–Crippen MR) is 138 cm³/mol. The van der Waals surface area contributed by atoms with E-state index in [9.17, 15) is 23.2 Å². The summed E-state index contributed by atoms with van der Waals surface area (Å²) >= 11 is 3.33. The Morgan fingerprint density at radius 1 is 1.08 bits per heavy atom. The standard InChI is InChI=1S/C24H31BrN4O6S/c1-17(2)22(24(31)27-32)29(12-11-28-13-15-35-16-14-28)36(33,34)21-9-7-20(8-10-21)26-23(30)18-3-5-19(25)6-4-18/h3-10,17,22,32H,11-16H2,1-2H3,(H,26,30)(H,27,31)/t22-/m1/s1. The highest BCUT2D eigenvalue weighted by Crippen LogP contribution is 2.24. The summed E-state index contributed by atoms with van der Waals surface area (Å²) in [6.45, 7) is 6.36. The molecular formula is C24H31BrN4O6S. The quantitative estimate of drug-likeness (QED) is 0.290. The van der Waals surface area contributed by atoms with Gasteiger partial charge in [0.05, 0.1) is 18.1 Å². The fraction of sp³-hybridized carbons (Fsp3) is 0.417. The van der Waals surface area contributed by atoms with Crippen molar-refractivity contribution in [1.29, 1.82) is 0 Å². The zero-order valence-corrected chi connectivity index (χ0v) is 22.6. The van der Waals surface area contributed by atoms with Crippen molar-refractivity contribution in [2.75, 3.05) is 44.7 Å². The molecule has 0 saturated carbocycles. The second-order valence-corrected chi connectivity index (χ2v) is 11.5. The lowest BCUT2D eigenvalue weighted by molar-refractivity contribution is -0.134. The van der Waals surface area contributed by atoms with Gasteiger partial charge >= 0.3 is 0 Å². The van der Waals surface area contributed by atoms with Crippen molar-refractivity contribution in [1.82, 2.24) is 14.7 Å². The van der Waals surface area contributed by atoms with Crippen LogP contribution < -0.4 is 10.8 Å². The van der Waals surface area contributed by atoms with Crippen molar-refractivity contribution in [2.45, 2.75) is 24.8 Å². The van der Waals surface area contributed by atoms with E-state index in [4.69, 9.17) is 4.74 Å². The maximum Gasteiger partial charge on any atom is 0.262 e. The number of hydroxylamine groups is 1. The molecule has 1 aliphatic heterocycles. The summed E-state index contributed by atoms with van der Waals surface area (Å²) in [7, 11) is -4.12. The Balaban J connectivity index is 1.82. The van der Waals surface area contributed by atoms with Gasteiger partial charge in [0, 0.05) is 41.9 Å². The predicted octanol–water partition coefficient (Wildman–Crippen LogP) is 2.55. The third kappa shape index (κ3) is 7.11. The number of benzene rings is 2. The van der Waals surface area contributed by atoms with E-state index in [-0.39, 0.29) is 17.3 Å². The number of nitrogens with zero attached hydrogens (tertiary/aromatic N) is 2. The third-order valence-electron chi connectivity index (χ3n) is 5.89. The summed E-state index contributed by atoms with van der Waals surface area (Å²) in [5, 5.41) is 12.0. The molecule has 10 nitrogen and oxygen atoms in total. The molecule has 0 spiro atoms. The molecular weight excluding hydrogens is 552 g/mol. The van der Waals surface area contributed by atoms with E-state index in [1.165, 1.54) is 24.3 Å². The first-order chi connectivity index (χ1) is 17.1. The molecule has 196 valence electrons. The second kappa shape index (κ2) is 12.7. The Morgan fingerprint density at radius 3 is 2.25 bits per heavy atom. The summed E-state index contributed by atoms with van der Waals surface area (Å²) in [5.74, 6) is -1.53. The zero-order chi connectivity index (χ0) is 26.3. The Hall–Kier alpha value is -2.35. The van der Waals surface area contributed by atoms with E-state index in [1.54, 1.807) is 43.6 Å². The zero-order valence-electron chi connectivity index (χ0n) is 20.2. The molecule has 1 atom stereocenters. The third-order valence-corrected chi connectivity index (χ3v) is 8.31. The van der Waals surface area contributed by atoms with Gasteiger partial charge in [0.1, 0.15) is 6.04 Å². The molecule has 0 bridgehead atoms. The largest absolute Gasteiger partial charge is 0.379 e. The number of hydrogen-bond acceptors (Lipinski definition) is 7. The van der Waals surface area contributed by atoms with Gasteiger partial charge in [0.25, 0.3) is 11.8 Å². The van der Waals surface area contributed by atoms with Crippen LogP contribution in [0.4, 0.5) is 5.69 Å². The molecule has 0 aromatic heterocycles. The summed E-state index contributed by atoms with van der Waals surface area (Å²) in [6, 6.07) is 11.5. The Bertz CT molecular complexity index is 1140. The number of ether oxygens (including phenoxy) is 1. The average molecular weight is 584 g/mol. The van der Waals surface area contributed by atoms with E-state index in [0.29, 0.717) is 44.1 Å². The number of halogens is 1. The highest BCUT2D eigenvalue weighted by molar-refractivity contribution is 9.10. The van der Waals surface area contributed by atoms with Crippen LogP contribution in [-0.4, -0.2) is 80.1 Å². The molecule has 0 aliphatic carbocycles. The van der Waals surface area contributed by atoms with Gasteiger partial charge in [-0.2, -0.15) is 4.31 Å². The Morgan fingerprint density at radius 2 is 1.69 bits per heavy atom. The maximum absolute atomic E-state index is 13.7.